The van der Waals surface area contributed by atoms with Gasteiger partial charge in [-0.25, -0.2) is 4.68 Å². The minimum absolute atomic E-state index is 0.274. The summed E-state index contributed by atoms with van der Waals surface area (Å²) < 4.78 is 1.59. The van der Waals surface area contributed by atoms with Crippen molar-refractivity contribution in [1.29, 1.82) is 0 Å². The molecule has 0 spiro atoms. The maximum Gasteiger partial charge on any atom is 0.311 e. The number of aliphatic carboxylic acids is 1. The van der Waals surface area contributed by atoms with Crippen molar-refractivity contribution in [3.63, 3.8) is 0 Å². The zero-order valence-corrected chi connectivity index (χ0v) is 12.9. The van der Waals surface area contributed by atoms with E-state index in [9.17, 15) is 9.90 Å². The Morgan fingerprint density at radius 3 is 2.71 bits per heavy atom. The van der Waals surface area contributed by atoms with Gasteiger partial charge in [-0.2, -0.15) is 0 Å². The van der Waals surface area contributed by atoms with Gasteiger partial charge in [0.1, 0.15) is 0 Å². The molecule has 0 bridgehead atoms. The molecular formula is C14H18N4O2S. The molecule has 2 rings (SSSR count). The highest BCUT2D eigenvalue weighted by Crippen LogP contribution is 2.26. The predicted molar refractivity (Wildman–Crippen MR) is 79.9 cm³/mol. The number of tetrazole rings is 1. The van der Waals surface area contributed by atoms with Gasteiger partial charge in [-0.05, 0) is 35.9 Å². The van der Waals surface area contributed by atoms with Crippen LogP contribution in [-0.2, 0) is 17.1 Å². The highest BCUT2D eigenvalue weighted by molar-refractivity contribution is 7.98. The van der Waals surface area contributed by atoms with Crippen molar-refractivity contribution in [2.24, 2.45) is 5.41 Å². The maximum atomic E-state index is 11.4. The molecule has 1 heterocycles. The molecule has 1 N–H and O–H groups in total. The molecular weight excluding hydrogens is 288 g/mol. The molecule has 1 atom stereocenters. The van der Waals surface area contributed by atoms with E-state index < -0.39 is 11.4 Å². The molecule has 0 aliphatic heterocycles. The number of carboxylic acids is 1. The Labute approximate surface area is 127 Å². The van der Waals surface area contributed by atoms with Crippen LogP contribution in [0.15, 0.2) is 35.2 Å². The van der Waals surface area contributed by atoms with Crippen LogP contribution in [0.2, 0.25) is 0 Å². The summed E-state index contributed by atoms with van der Waals surface area (Å²) in [5.74, 6) is 0.461. The van der Waals surface area contributed by atoms with Crippen LogP contribution in [0.1, 0.15) is 26.1 Å². The van der Waals surface area contributed by atoms with Crippen LogP contribution in [0, 0.1) is 5.41 Å². The topological polar surface area (TPSA) is 80.9 Å². The van der Waals surface area contributed by atoms with Crippen LogP contribution in [0.25, 0.3) is 0 Å². The predicted octanol–water partition coefficient (Wildman–Crippen LogP) is 2.47. The normalized spacial score (nSPS) is 13.8. The Bertz CT molecular complexity index is 602. The van der Waals surface area contributed by atoms with E-state index in [1.807, 2.05) is 37.3 Å². The van der Waals surface area contributed by atoms with Gasteiger partial charge in [0, 0.05) is 4.90 Å². The second kappa shape index (κ2) is 6.71. The summed E-state index contributed by atoms with van der Waals surface area (Å²) in [6.07, 6.45) is 0.521. The Balaban J connectivity index is 2.07. The number of aromatic nitrogens is 4. The lowest BCUT2D eigenvalue weighted by Crippen LogP contribution is -2.33. The van der Waals surface area contributed by atoms with E-state index in [-0.39, 0.29) is 6.54 Å². The first-order valence-electron chi connectivity index (χ1n) is 6.71. The monoisotopic (exact) mass is 306 g/mol. The smallest absolute Gasteiger partial charge is 0.311 e. The lowest BCUT2D eigenvalue weighted by atomic mass is 9.88. The molecule has 0 fully saturated rings. The fourth-order valence-electron chi connectivity index (χ4n) is 1.78. The van der Waals surface area contributed by atoms with Crippen LogP contribution in [0.5, 0.6) is 0 Å². The van der Waals surface area contributed by atoms with E-state index in [0.717, 1.165) is 4.90 Å². The molecule has 0 aliphatic carbocycles. The third-order valence-electron chi connectivity index (χ3n) is 3.51. The van der Waals surface area contributed by atoms with Gasteiger partial charge in [-0.15, -0.1) is 16.9 Å². The highest BCUT2D eigenvalue weighted by atomic mass is 32.2. The van der Waals surface area contributed by atoms with E-state index in [4.69, 9.17) is 0 Å². The van der Waals surface area contributed by atoms with Crippen LogP contribution in [-0.4, -0.2) is 31.3 Å². The van der Waals surface area contributed by atoms with E-state index in [1.165, 1.54) is 0 Å². The molecule has 6 nitrogen and oxygen atoms in total. The van der Waals surface area contributed by atoms with Crippen molar-refractivity contribution in [1.82, 2.24) is 20.2 Å². The van der Waals surface area contributed by atoms with Gasteiger partial charge < -0.3 is 5.11 Å². The average Bonchev–Trinajstić information content (AvgIpc) is 2.93. The summed E-state index contributed by atoms with van der Waals surface area (Å²) >= 11 is 1.62. The number of carbonyl (C=O) groups is 1. The lowest BCUT2D eigenvalue weighted by Gasteiger charge is -2.22. The number of nitrogens with zero attached hydrogens (tertiary/aromatic N) is 4. The molecule has 7 heteroatoms. The fraction of sp³-hybridized carbons (Fsp3) is 0.429. The largest absolute Gasteiger partial charge is 0.481 e. The zero-order chi connectivity index (χ0) is 15.3. The molecule has 0 amide bonds. The third-order valence-corrected chi connectivity index (χ3v) is 4.52. The van der Waals surface area contributed by atoms with Gasteiger partial charge in [0.25, 0.3) is 0 Å². The number of thioether (sulfide) groups is 1. The second-order valence-electron chi connectivity index (χ2n) is 5.07. The van der Waals surface area contributed by atoms with Crippen molar-refractivity contribution >= 4 is 17.7 Å². The highest BCUT2D eigenvalue weighted by Gasteiger charge is 2.33. The van der Waals surface area contributed by atoms with Crippen molar-refractivity contribution in [3.05, 3.63) is 36.2 Å². The fourth-order valence-corrected chi connectivity index (χ4v) is 2.63. The summed E-state index contributed by atoms with van der Waals surface area (Å²) in [6, 6.07) is 9.96. The first-order valence-corrected chi connectivity index (χ1v) is 7.70. The third kappa shape index (κ3) is 3.81. The first kappa shape index (κ1) is 15.5. The van der Waals surface area contributed by atoms with E-state index in [2.05, 4.69) is 15.5 Å². The molecule has 2 aromatic rings. The molecule has 1 aromatic heterocycles. The summed E-state index contributed by atoms with van der Waals surface area (Å²) in [4.78, 5) is 12.5. The van der Waals surface area contributed by atoms with Crippen molar-refractivity contribution in [2.45, 2.75) is 37.5 Å². The minimum atomic E-state index is -0.860. The average molecular weight is 306 g/mol. The Morgan fingerprint density at radius 2 is 2.10 bits per heavy atom. The quantitative estimate of drug-likeness (QED) is 0.791. The standard InChI is InChI=1S/C14H18N4O2S/c1-3-14(2,13(19)20)10-18-12(15-16-17-18)9-21-11-7-5-4-6-8-11/h4-8H,3,9-10H2,1-2H3,(H,19,20). The number of rotatable bonds is 7. The molecule has 112 valence electrons. The Morgan fingerprint density at radius 1 is 1.38 bits per heavy atom. The molecule has 0 radical (unpaired) electrons. The molecule has 1 aromatic carbocycles. The number of carboxylic acid groups (broad SMARTS) is 1. The Kier molecular flexibility index (Phi) is 4.95. The van der Waals surface area contributed by atoms with Crippen LogP contribution in [0.4, 0.5) is 0 Å². The van der Waals surface area contributed by atoms with Crippen LogP contribution in [0.3, 0.4) is 0 Å². The number of benzene rings is 1. The van der Waals surface area contributed by atoms with Gasteiger partial charge in [0.05, 0.1) is 17.7 Å². The van der Waals surface area contributed by atoms with Gasteiger partial charge >= 0.3 is 5.97 Å². The van der Waals surface area contributed by atoms with E-state index >= 15 is 0 Å². The molecule has 21 heavy (non-hydrogen) atoms. The molecule has 0 saturated carbocycles. The summed E-state index contributed by atoms with van der Waals surface area (Å²) in [6.45, 7) is 3.85. The molecule has 0 saturated heterocycles. The molecule has 1 unspecified atom stereocenters. The maximum absolute atomic E-state index is 11.4. The number of hydrogen-bond donors (Lipinski definition) is 1. The van der Waals surface area contributed by atoms with E-state index in [0.29, 0.717) is 18.0 Å². The van der Waals surface area contributed by atoms with Crippen molar-refractivity contribution in [3.8, 4) is 0 Å². The van der Waals surface area contributed by atoms with Crippen molar-refractivity contribution in [2.75, 3.05) is 0 Å². The van der Waals surface area contributed by atoms with Gasteiger partial charge in [0.2, 0.25) is 0 Å². The van der Waals surface area contributed by atoms with Gasteiger partial charge in [-0.3, -0.25) is 4.79 Å². The SMILES string of the molecule is CCC(C)(Cn1nnnc1CSc1ccccc1)C(=O)O. The zero-order valence-electron chi connectivity index (χ0n) is 12.1. The van der Waals surface area contributed by atoms with E-state index in [1.54, 1.807) is 23.4 Å². The summed E-state index contributed by atoms with van der Waals surface area (Å²) in [7, 11) is 0. The van der Waals surface area contributed by atoms with Gasteiger partial charge in [0.15, 0.2) is 5.82 Å². The minimum Gasteiger partial charge on any atom is -0.481 e. The summed E-state index contributed by atoms with van der Waals surface area (Å²) in [5.41, 5.74) is -0.860. The molecule has 0 aliphatic rings. The summed E-state index contributed by atoms with van der Waals surface area (Å²) in [5, 5.41) is 20.9. The van der Waals surface area contributed by atoms with Crippen LogP contribution >= 0.6 is 11.8 Å². The van der Waals surface area contributed by atoms with Crippen LogP contribution < -0.4 is 0 Å². The first-order chi connectivity index (χ1) is 10.0. The lowest BCUT2D eigenvalue weighted by molar-refractivity contribution is -0.149. The Hall–Kier alpha value is -1.89. The number of hydrogen-bond acceptors (Lipinski definition) is 5. The second-order valence-corrected chi connectivity index (χ2v) is 6.12. The van der Waals surface area contributed by atoms with Gasteiger partial charge in [-0.1, -0.05) is 25.1 Å². The van der Waals surface area contributed by atoms with Crippen molar-refractivity contribution < 1.29 is 9.90 Å².